The van der Waals surface area contributed by atoms with Crippen LogP contribution in [0.5, 0.6) is 0 Å². The molecule has 1 aromatic heterocycles. The predicted octanol–water partition coefficient (Wildman–Crippen LogP) is 2.69. The van der Waals surface area contributed by atoms with Crippen LogP contribution < -0.4 is 5.43 Å². The highest BCUT2D eigenvalue weighted by atomic mass is 19.1. The van der Waals surface area contributed by atoms with E-state index < -0.39 is 0 Å². The molecule has 3 heterocycles. The Morgan fingerprint density at radius 3 is 2.84 bits per heavy atom. The summed E-state index contributed by atoms with van der Waals surface area (Å²) in [7, 11) is 0. The van der Waals surface area contributed by atoms with Gasteiger partial charge in [0.05, 0.1) is 12.6 Å². The second kappa shape index (κ2) is 6.84. The molecule has 0 amide bonds. The number of aromatic nitrogens is 1. The number of hydrogen-bond acceptors (Lipinski definition) is 4. The van der Waals surface area contributed by atoms with Crippen LogP contribution in [0.15, 0.2) is 70.9 Å². The lowest BCUT2D eigenvalue weighted by Crippen LogP contribution is -2.47. The molecular formula is C19H18FN5. The van der Waals surface area contributed by atoms with Crippen LogP contribution in [0.1, 0.15) is 17.2 Å². The van der Waals surface area contributed by atoms with E-state index >= 15 is 0 Å². The van der Waals surface area contributed by atoms with Crippen LogP contribution in [0.3, 0.4) is 0 Å². The number of pyridine rings is 1. The first kappa shape index (κ1) is 15.5. The summed E-state index contributed by atoms with van der Waals surface area (Å²) in [4.78, 5) is 13.2. The van der Waals surface area contributed by atoms with Gasteiger partial charge in [0.25, 0.3) is 0 Å². The van der Waals surface area contributed by atoms with Gasteiger partial charge in [-0.1, -0.05) is 18.2 Å². The molecule has 5 nitrogen and oxygen atoms in total. The molecule has 6 heteroatoms. The second-order valence-corrected chi connectivity index (χ2v) is 5.92. The first-order chi connectivity index (χ1) is 12.3. The van der Waals surface area contributed by atoms with Gasteiger partial charge in [-0.3, -0.25) is 25.4 Å². The van der Waals surface area contributed by atoms with Gasteiger partial charge < -0.3 is 0 Å². The van der Waals surface area contributed by atoms with E-state index in [1.54, 1.807) is 24.5 Å². The minimum absolute atomic E-state index is 0.125. The number of benzene rings is 1. The average Bonchev–Trinajstić information content (AvgIpc) is 3.07. The number of hydrogen-bond donors (Lipinski definition) is 1. The van der Waals surface area contributed by atoms with Gasteiger partial charge in [-0.2, -0.15) is 0 Å². The normalized spacial score (nSPS) is 20.4. The Labute approximate surface area is 145 Å². The van der Waals surface area contributed by atoms with Crippen molar-refractivity contribution in [2.45, 2.75) is 12.5 Å². The van der Waals surface area contributed by atoms with E-state index in [1.165, 1.54) is 6.07 Å². The van der Waals surface area contributed by atoms with E-state index in [1.807, 2.05) is 35.4 Å². The summed E-state index contributed by atoms with van der Waals surface area (Å²) in [5.41, 5.74) is 5.16. The molecule has 0 saturated heterocycles. The van der Waals surface area contributed by atoms with Gasteiger partial charge >= 0.3 is 0 Å². The third-order valence-corrected chi connectivity index (χ3v) is 4.32. The topological polar surface area (TPSA) is 52.9 Å². The number of nitrogens with zero attached hydrogens (tertiary/aromatic N) is 4. The van der Waals surface area contributed by atoms with Gasteiger partial charge in [0.1, 0.15) is 17.5 Å². The lowest BCUT2D eigenvalue weighted by Gasteiger charge is -2.30. The van der Waals surface area contributed by atoms with Crippen molar-refractivity contribution in [1.29, 1.82) is 0 Å². The first-order valence-electron chi connectivity index (χ1n) is 8.27. The van der Waals surface area contributed by atoms with Crippen LogP contribution in [0.4, 0.5) is 4.39 Å². The van der Waals surface area contributed by atoms with Crippen LogP contribution in [-0.2, 0) is 6.42 Å². The summed E-state index contributed by atoms with van der Waals surface area (Å²) in [6.07, 6.45) is 8.01. The summed E-state index contributed by atoms with van der Waals surface area (Å²) in [5, 5.41) is 2.03. The monoisotopic (exact) mass is 335 g/mol. The van der Waals surface area contributed by atoms with Crippen molar-refractivity contribution in [1.82, 2.24) is 15.4 Å². The average molecular weight is 335 g/mol. The molecule has 2 aromatic rings. The maximum absolute atomic E-state index is 13.7. The molecule has 1 N–H and O–H groups in total. The molecule has 0 spiro atoms. The lowest BCUT2D eigenvalue weighted by molar-refractivity contribution is 0.310. The summed E-state index contributed by atoms with van der Waals surface area (Å²) < 4.78 is 13.7. The third-order valence-electron chi connectivity index (χ3n) is 4.32. The fourth-order valence-corrected chi connectivity index (χ4v) is 3.01. The molecular weight excluding hydrogens is 317 g/mol. The summed E-state index contributed by atoms with van der Waals surface area (Å²) in [6.45, 7) is 1.22. The van der Waals surface area contributed by atoms with Crippen molar-refractivity contribution >= 4 is 11.7 Å². The molecule has 2 aliphatic heterocycles. The number of halogens is 1. The Morgan fingerprint density at radius 1 is 1.16 bits per heavy atom. The maximum Gasteiger partial charge on any atom is 0.143 e. The molecule has 2 aliphatic rings. The molecule has 25 heavy (non-hydrogen) atoms. The molecule has 126 valence electrons. The second-order valence-electron chi connectivity index (χ2n) is 5.92. The van der Waals surface area contributed by atoms with Gasteiger partial charge in [-0.15, -0.1) is 0 Å². The highest BCUT2D eigenvalue weighted by Crippen LogP contribution is 2.26. The Balaban J connectivity index is 1.44. The van der Waals surface area contributed by atoms with Crippen LogP contribution in [0, 0.1) is 5.82 Å². The Kier molecular flexibility index (Phi) is 4.24. The standard InChI is InChI=1S/C19H18FN5/c20-16-4-2-1-3-14(16)9-12-22-18-5-6-19-23-13-17(25(19)24-18)15-7-10-21-11-8-15/h1-8,10-11,17H,9,12-13H2,(H,22,24). The van der Waals surface area contributed by atoms with Gasteiger partial charge in [0.15, 0.2) is 0 Å². The van der Waals surface area contributed by atoms with Gasteiger partial charge in [0.2, 0.25) is 0 Å². The number of nitrogens with one attached hydrogen (secondary N) is 1. The quantitative estimate of drug-likeness (QED) is 0.935. The van der Waals surface area contributed by atoms with Crippen LogP contribution in [-0.4, -0.2) is 34.8 Å². The van der Waals surface area contributed by atoms with E-state index in [0.29, 0.717) is 25.1 Å². The Morgan fingerprint density at radius 2 is 2.00 bits per heavy atom. The molecule has 4 rings (SSSR count). The minimum atomic E-state index is -0.179. The number of hydrazine groups is 1. The van der Waals surface area contributed by atoms with E-state index in [4.69, 9.17) is 0 Å². The molecule has 0 aliphatic carbocycles. The number of amidine groups is 2. The van der Waals surface area contributed by atoms with Crippen molar-refractivity contribution in [2.24, 2.45) is 9.98 Å². The zero-order chi connectivity index (χ0) is 17.1. The van der Waals surface area contributed by atoms with Gasteiger partial charge in [-0.05, 0) is 47.9 Å². The summed E-state index contributed by atoms with van der Waals surface area (Å²) in [6, 6.07) is 10.9. The SMILES string of the molecule is Fc1ccccc1CCN=C1C=CC2=NCC(c3ccncc3)N2N1. The predicted molar refractivity (Wildman–Crippen MR) is 95.8 cm³/mol. The van der Waals surface area contributed by atoms with Crippen LogP contribution in [0.25, 0.3) is 0 Å². The van der Waals surface area contributed by atoms with Gasteiger partial charge in [0, 0.05) is 18.9 Å². The number of rotatable bonds is 4. The molecule has 0 bridgehead atoms. The summed E-state index contributed by atoms with van der Waals surface area (Å²) in [5.74, 6) is 1.48. The molecule has 0 radical (unpaired) electrons. The molecule has 0 fully saturated rings. The van der Waals surface area contributed by atoms with Crippen LogP contribution >= 0.6 is 0 Å². The fourth-order valence-electron chi connectivity index (χ4n) is 3.01. The minimum Gasteiger partial charge on any atom is -0.280 e. The maximum atomic E-state index is 13.7. The largest absolute Gasteiger partial charge is 0.280 e. The van der Waals surface area contributed by atoms with E-state index in [9.17, 15) is 4.39 Å². The van der Waals surface area contributed by atoms with E-state index in [2.05, 4.69) is 20.4 Å². The highest BCUT2D eigenvalue weighted by Gasteiger charge is 2.30. The summed E-state index contributed by atoms with van der Waals surface area (Å²) >= 11 is 0. The van der Waals surface area contributed by atoms with Gasteiger partial charge in [-0.25, -0.2) is 4.39 Å². The van der Waals surface area contributed by atoms with Crippen molar-refractivity contribution in [3.63, 3.8) is 0 Å². The zero-order valence-electron chi connectivity index (χ0n) is 13.6. The molecule has 1 unspecified atom stereocenters. The smallest absolute Gasteiger partial charge is 0.143 e. The fraction of sp³-hybridized carbons (Fsp3) is 0.211. The Hall–Kier alpha value is -3.02. The number of fused-ring (bicyclic) bond motifs is 1. The number of aliphatic imine (C=N–C) groups is 2. The highest BCUT2D eigenvalue weighted by molar-refractivity contribution is 6.06. The lowest BCUT2D eigenvalue weighted by atomic mass is 10.1. The zero-order valence-corrected chi connectivity index (χ0v) is 13.6. The van der Waals surface area contributed by atoms with Crippen molar-refractivity contribution in [3.8, 4) is 0 Å². The third kappa shape index (κ3) is 3.28. The van der Waals surface area contributed by atoms with E-state index in [-0.39, 0.29) is 11.9 Å². The van der Waals surface area contributed by atoms with Crippen molar-refractivity contribution in [3.05, 3.63) is 77.9 Å². The van der Waals surface area contributed by atoms with E-state index in [0.717, 1.165) is 17.2 Å². The van der Waals surface area contributed by atoms with Crippen LogP contribution in [0.2, 0.25) is 0 Å². The molecule has 1 aromatic carbocycles. The Bertz CT molecular complexity index is 844. The van der Waals surface area contributed by atoms with Crippen molar-refractivity contribution < 1.29 is 4.39 Å². The van der Waals surface area contributed by atoms with Crippen molar-refractivity contribution in [2.75, 3.05) is 13.1 Å². The first-order valence-corrected chi connectivity index (χ1v) is 8.27. The molecule has 0 saturated carbocycles. The molecule has 1 atom stereocenters.